The summed E-state index contributed by atoms with van der Waals surface area (Å²) < 4.78 is 11.1. The zero-order chi connectivity index (χ0) is 24.2. The maximum atomic E-state index is 12.1. The number of allylic oxidation sites excluding steroid dienone is 1. The average Bonchev–Trinajstić information content (AvgIpc) is 3.14. The number of carboxylic acids is 1. The summed E-state index contributed by atoms with van der Waals surface area (Å²) >= 11 is 0. The van der Waals surface area contributed by atoms with E-state index >= 15 is 0 Å². The molecule has 2 unspecified atom stereocenters. The molecule has 2 fully saturated rings. The van der Waals surface area contributed by atoms with Crippen molar-refractivity contribution < 1.29 is 29.0 Å². The van der Waals surface area contributed by atoms with E-state index in [1.165, 1.54) is 12.8 Å². The van der Waals surface area contributed by atoms with Crippen molar-refractivity contribution in [2.45, 2.75) is 57.3 Å². The van der Waals surface area contributed by atoms with Crippen LogP contribution in [-0.4, -0.2) is 115 Å². The normalized spacial score (nSPS) is 26.3. The molecule has 0 saturated carbocycles. The van der Waals surface area contributed by atoms with Crippen molar-refractivity contribution in [3.8, 4) is 0 Å². The number of unbranched alkanes of at least 4 members (excludes halogenated alkanes) is 1. The van der Waals surface area contributed by atoms with Gasteiger partial charge in [0.1, 0.15) is 6.61 Å². The number of hydrogen-bond donors (Lipinski definition) is 2. The van der Waals surface area contributed by atoms with Crippen molar-refractivity contribution >= 4 is 17.8 Å². The van der Waals surface area contributed by atoms with Crippen LogP contribution in [0, 0.1) is 0 Å². The topological polar surface area (TPSA) is 112 Å². The lowest BCUT2D eigenvalue weighted by Gasteiger charge is -2.25. The summed E-state index contributed by atoms with van der Waals surface area (Å²) in [6, 6.07) is 0. The van der Waals surface area contributed by atoms with E-state index in [1.807, 2.05) is 9.80 Å². The first kappa shape index (κ1) is 26.6. The lowest BCUT2D eigenvalue weighted by atomic mass is 10.0. The molecule has 3 aliphatic rings. The SMILES string of the molecule is O=C(O)CN1CCN(CCCCNC(=O)COC2/C=C\CCCCC2)CCN2CC(=O)OC2C1. The summed E-state index contributed by atoms with van der Waals surface area (Å²) in [7, 11) is 0. The number of rotatable bonds is 10. The summed E-state index contributed by atoms with van der Waals surface area (Å²) in [6.45, 7) is 5.03. The second-order valence-corrected chi connectivity index (χ2v) is 9.36. The van der Waals surface area contributed by atoms with Crippen molar-refractivity contribution in [2.75, 3.05) is 65.5 Å². The van der Waals surface area contributed by atoms with Crippen LogP contribution in [0.2, 0.25) is 0 Å². The second-order valence-electron chi connectivity index (χ2n) is 9.36. The van der Waals surface area contributed by atoms with Crippen LogP contribution in [0.5, 0.6) is 0 Å². The third-order valence-corrected chi connectivity index (χ3v) is 6.58. The second kappa shape index (κ2) is 14.4. The summed E-state index contributed by atoms with van der Waals surface area (Å²) in [6.07, 6.45) is 11.3. The van der Waals surface area contributed by atoms with Gasteiger partial charge in [0.25, 0.3) is 0 Å². The Morgan fingerprint density at radius 1 is 1.12 bits per heavy atom. The molecule has 192 valence electrons. The van der Waals surface area contributed by atoms with E-state index in [0.29, 0.717) is 26.2 Å². The number of nitrogens with zero attached hydrogens (tertiary/aromatic N) is 3. The maximum absolute atomic E-state index is 12.1. The predicted molar refractivity (Wildman–Crippen MR) is 126 cm³/mol. The molecule has 10 nitrogen and oxygen atoms in total. The largest absolute Gasteiger partial charge is 0.480 e. The minimum atomic E-state index is -0.882. The third kappa shape index (κ3) is 9.69. The van der Waals surface area contributed by atoms with Crippen molar-refractivity contribution in [2.24, 2.45) is 0 Å². The van der Waals surface area contributed by atoms with E-state index in [-0.39, 0.29) is 43.9 Å². The Morgan fingerprint density at radius 2 is 1.94 bits per heavy atom. The van der Waals surface area contributed by atoms with Gasteiger partial charge in [-0.05, 0) is 38.6 Å². The Labute approximate surface area is 202 Å². The first-order valence-electron chi connectivity index (χ1n) is 12.6. The predicted octanol–water partition coefficient (Wildman–Crippen LogP) is 0.675. The number of amides is 1. The van der Waals surface area contributed by atoms with E-state index in [9.17, 15) is 19.5 Å². The fraction of sp³-hybridized carbons (Fsp3) is 0.792. The molecule has 1 amide bonds. The highest BCUT2D eigenvalue weighted by molar-refractivity contribution is 5.77. The Morgan fingerprint density at radius 3 is 2.79 bits per heavy atom. The van der Waals surface area contributed by atoms with Gasteiger partial charge >= 0.3 is 11.9 Å². The molecule has 34 heavy (non-hydrogen) atoms. The van der Waals surface area contributed by atoms with Gasteiger partial charge in [0.2, 0.25) is 5.91 Å². The Balaban J connectivity index is 1.33. The Bertz CT molecular complexity index is 703. The van der Waals surface area contributed by atoms with Gasteiger partial charge in [-0.3, -0.25) is 24.2 Å². The van der Waals surface area contributed by atoms with Crippen LogP contribution in [0.4, 0.5) is 0 Å². The van der Waals surface area contributed by atoms with Crippen molar-refractivity contribution in [1.29, 1.82) is 0 Å². The van der Waals surface area contributed by atoms with E-state index in [1.54, 1.807) is 0 Å². The van der Waals surface area contributed by atoms with Crippen molar-refractivity contribution in [1.82, 2.24) is 20.0 Å². The average molecular weight is 481 g/mol. The zero-order valence-corrected chi connectivity index (χ0v) is 20.2. The monoisotopic (exact) mass is 480 g/mol. The minimum absolute atomic E-state index is 0.0406. The van der Waals surface area contributed by atoms with E-state index in [4.69, 9.17) is 9.47 Å². The van der Waals surface area contributed by atoms with Gasteiger partial charge in [0.15, 0.2) is 6.23 Å². The van der Waals surface area contributed by atoms with Gasteiger partial charge in [-0.2, -0.15) is 0 Å². The van der Waals surface area contributed by atoms with Crippen molar-refractivity contribution in [3.63, 3.8) is 0 Å². The molecule has 2 N–H and O–H groups in total. The summed E-state index contributed by atoms with van der Waals surface area (Å²) in [5.74, 6) is -1.21. The smallest absolute Gasteiger partial charge is 0.321 e. The maximum Gasteiger partial charge on any atom is 0.321 e. The first-order valence-corrected chi connectivity index (χ1v) is 12.6. The van der Waals surface area contributed by atoms with Crippen LogP contribution in [0.1, 0.15) is 44.9 Å². The van der Waals surface area contributed by atoms with Gasteiger partial charge in [0, 0.05) is 32.7 Å². The number of aliphatic carboxylic acids is 1. The number of carbonyl (C=O) groups is 3. The van der Waals surface area contributed by atoms with Crippen LogP contribution in [0.15, 0.2) is 12.2 Å². The van der Waals surface area contributed by atoms with E-state index < -0.39 is 5.97 Å². The molecular weight excluding hydrogens is 440 g/mol. The number of carboxylic acid groups (broad SMARTS) is 1. The lowest BCUT2D eigenvalue weighted by molar-refractivity contribution is -0.143. The molecule has 2 aliphatic heterocycles. The number of ether oxygens (including phenoxy) is 2. The van der Waals surface area contributed by atoms with Gasteiger partial charge in [-0.25, -0.2) is 0 Å². The molecule has 0 bridgehead atoms. The van der Waals surface area contributed by atoms with Crippen LogP contribution in [0.25, 0.3) is 0 Å². The fourth-order valence-corrected chi connectivity index (χ4v) is 4.63. The highest BCUT2D eigenvalue weighted by Gasteiger charge is 2.34. The third-order valence-electron chi connectivity index (χ3n) is 6.58. The van der Waals surface area contributed by atoms with Crippen LogP contribution in [-0.2, 0) is 23.9 Å². The van der Waals surface area contributed by atoms with Gasteiger partial charge in [0.05, 0.1) is 25.7 Å². The molecule has 0 aromatic heterocycles. The van der Waals surface area contributed by atoms with E-state index in [2.05, 4.69) is 22.4 Å². The number of carbonyl (C=O) groups excluding carboxylic acids is 2. The van der Waals surface area contributed by atoms with Crippen molar-refractivity contribution in [3.05, 3.63) is 12.2 Å². The zero-order valence-electron chi connectivity index (χ0n) is 20.2. The van der Waals surface area contributed by atoms with Gasteiger partial charge < -0.3 is 24.8 Å². The molecule has 1 aliphatic carbocycles. The summed E-state index contributed by atoms with van der Waals surface area (Å²) in [5, 5.41) is 12.2. The number of fused-ring (bicyclic) bond motifs is 1. The summed E-state index contributed by atoms with van der Waals surface area (Å²) in [5.41, 5.74) is 0. The van der Waals surface area contributed by atoms with Crippen LogP contribution in [0.3, 0.4) is 0 Å². The minimum Gasteiger partial charge on any atom is -0.480 e. The van der Waals surface area contributed by atoms with Crippen LogP contribution >= 0.6 is 0 Å². The first-order chi connectivity index (χ1) is 16.5. The molecule has 0 radical (unpaired) electrons. The van der Waals surface area contributed by atoms with Gasteiger partial charge in [-0.1, -0.05) is 25.0 Å². The fourth-order valence-electron chi connectivity index (χ4n) is 4.63. The molecule has 2 atom stereocenters. The standard InChI is InChI=1S/C24H40N4O6/c29-21(19-33-20-8-4-2-1-3-5-9-20)25-10-6-7-11-26-12-13-27(17-23(30)31)16-22-28(15-14-26)18-24(32)34-22/h4,8,20,22H,1-3,5-7,9-19H2,(H,25,29)(H,30,31)/b8-4-. The molecule has 2 saturated heterocycles. The molecule has 10 heteroatoms. The quantitative estimate of drug-likeness (QED) is 0.265. The van der Waals surface area contributed by atoms with Gasteiger partial charge in [-0.15, -0.1) is 0 Å². The summed E-state index contributed by atoms with van der Waals surface area (Å²) in [4.78, 5) is 41.2. The highest BCUT2D eigenvalue weighted by Crippen LogP contribution is 2.15. The molecular formula is C24H40N4O6. The number of esters is 1. The molecule has 3 rings (SSSR count). The molecule has 2 heterocycles. The molecule has 0 aromatic rings. The number of hydrogen-bond acceptors (Lipinski definition) is 8. The van der Waals surface area contributed by atoms with E-state index in [0.717, 1.165) is 51.7 Å². The van der Waals surface area contributed by atoms with Crippen LogP contribution < -0.4 is 5.32 Å². The number of nitrogens with one attached hydrogen (secondary N) is 1. The Hall–Kier alpha value is -2.01. The molecule has 0 spiro atoms. The highest BCUT2D eigenvalue weighted by atomic mass is 16.6. The lowest BCUT2D eigenvalue weighted by Crippen LogP contribution is -2.43. The Kier molecular flexibility index (Phi) is 11.3. The molecule has 0 aromatic carbocycles.